The summed E-state index contributed by atoms with van der Waals surface area (Å²) in [5.74, 6) is -0.261. The van der Waals surface area contributed by atoms with Gasteiger partial charge in [0.25, 0.3) is 0 Å². The molecule has 8 nitrogen and oxygen atoms in total. The van der Waals surface area contributed by atoms with Crippen LogP contribution in [0.4, 0.5) is 0 Å². The zero-order valence-electron chi connectivity index (χ0n) is 32.9. The highest BCUT2D eigenvalue weighted by atomic mass is 16.5. The maximum Gasteiger partial charge on any atom is 0.326 e. The fraction of sp³-hybridized carbons (Fsp3) is 0.857. The van der Waals surface area contributed by atoms with Gasteiger partial charge in [-0.25, -0.2) is 4.79 Å². The van der Waals surface area contributed by atoms with Crippen molar-refractivity contribution in [1.82, 2.24) is 10.6 Å². The van der Waals surface area contributed by atoms with Crippen LogP contribution in [0.5, 0.6) is 0 Å². The largest absolute Gasteiger partial charge is 0.480 e. The van der Waals surface area contributed by atoms with Crippen LogP contribution in [-0.2, 0) is 23.9 Å². The van der Waals surface area contributed by atoms with Crippen molar-refractivity contribution in [3.8, 4) is 0 Å². The van der Waals surface area contributed by atoms with Gasteiger partial charge in [0.15, 0.2) is 0 Å². The van der Waals surface area contributed by atoms with Gasteiger partial charge in [0, 0.05) is 24.8 Å². The monoisotopic (exact) mass is 697 g/mol. The van der Waals surface area contributed by atoms with Crippen molar-refractivity contribution in [2.24, 2.45) is 56.2 Å². The zero-order chi connectivity index (χ0) is 37.1. The summed E-state index contributed by atoms with van der Waals surface area (Å²) in [5.41, 5.74) is 1.45. The molecule has 5 rings (SSSR count). The topological polar surface area (TPSA) is 122 Å². The summed E-state index contributed by atoms with van der Waals surface area (Å²) in [7, 11) is 0. The van der Waals surface area contributed by atoms with E-state index in [0.717, 1.165) is 64.2 Å². The lowest BCUT2D eigenvalue weighted by Gasteiger charge is -2.71. The van der Waals surface area contributed by atoms with Gasteiger partial charge in [0.2, 0.25) is 11.8 Å². The van der Waals surface area contributed by atoms with Crippen LogP contribution >= 0.6 is 0 Å². The average molecular weight is 697 g/mol. The Morgan fingerprint density at radius 1 is 0.920 bits per heavy atom. The Hall–Kier alpha value is -2.38. The first-order valence-corrected chi connectivity index (χ1v) is 19.9. The fourth-order valence-electron chi connectivity index (χ4n) is 12.5. The number of amides is 2. The zero-order valence-corrected chi connectivity index (χ0v) is 32.9. The molecule has 0 heterocycles. The van der Waals surface area contributed by atoms with E-state index in [2.05, 4.69) is 65.2 Å². The van der Waals surface area contributed by atoms with E-state index in [1.54, 1.807) is 13.8 Å². The summed E-state index contributed by atoms with van der Waals surface area (Å²) in [6.45, 7) is 23.0. The molecule has 0 aromatic carbocycles. The van der Waals surface area contributed by atoms with Crippen molar-refractivity contribution >= 4 is 23.8 Å². The van der Waals surface area contributed by atoms with Crippen molar-refractivity contribution in [2.45, 2.75) is 165 Å². The predicted octanol–water partition coefficient (Wildman–Crippen LogP) is 8.23. The number of hydrogen-bond donors (Lipinski definition) is 3. The second kappa shape index (κ2) is 13.5. The minimum absolute atomic E-state index is 0.0105. The highest BCUT2D eigenvalue weighted by Crippen LogP contribution is 2.75. The van der Waals surface area contributed by atoms with E-state index in [1.165, 1.54) is 5.57 Å². The van der Waals surface area contributed by atoms with Crippen molar-refractivity contribution < 1.29 is 29.0 Å². The summed E-state index contributed by atoms with van der Waals surface area (Å²) in [5, 5.41) is 15.4. The molecule has 50 heavy (non-hydrogen) atoms. The Morgan fingerprint density at radius 3 is 2.24 bits per heavy atom. The quantitative estimate of drug-likeness (QED) is 0.120. The van der Waals surface area contributed by atoms with Gasteiger partial charge in [-0.05, 0) is 116 Å². The van der Waals surface area contributed by atoms with Crippen molar-refractivity contribution in [3.63, 3.8) is 0 Å². The molecule has 5 aliphatic rings. The normalized spacial score (nSPS) is 39.0. The molecule has 4 fully saturated rings. The third-order valence-electron chi connectivity index (χ3n) is 15.7. The van der Waals surface area contributed by atoms with E-state index in [4.69, 9.17) is 4.74 Å². The van der Waals surface area contributed by atoms with Gasteiger partial charge in [-0.1, -0.05) is 80.9 Å². The minimum atomic E-state index is -1.03. The molecule has 282 valence electrons. The van der Waals surface area contributed by atoms with Gasteiger partial charge in [0.05, 0.1) is 5.41 Å². The second-order valence-corrected chi connectivity index (χ2v) is 19.6. The molecule has 0 radical (unpaired) electrons. The first kappa shape index (κ1) is 38.8. The number of rotatable bonds is 10. The third-order valence-corrected chi connectivity index (χ3v) is 15.7. The second-order valence-electron chi connectivity index (χ2n) is 19.6. The first-order valence-electron chi connectivity index (χ1n) is 19.9. The van der Waals surface area contributed by atoms with E-state index in [1.807, 2.05) is 6.92 Å². The van der Waals surface area contributed by atoms with E-state index < -0.39 is 17.4 Å². The lowest BCUT2D eigenvalue weighted by atomic mass is 9.33. The third kappa shape index (κ3) is 6.35. The van der Waals surface area contributed by atoms with Crippen LogP contribution < -0.4 is 10.6 Å². The summed E-state index contributed by atoms with van der Waals surface area (Å²) >= 11 is 0. The van der Waals surface area contributed by atoms with E-state index in [-0.39, 0.29) is 69.2 Å². The maximum atomic E-state index is 14.4. The maximum absolute atomic E-state index is 14.4. The number of carboxylic acids is 1. The van der Waals surface area contributed by atoms with Crippen LogP contribution in [0.15, 0.2) is 11.6 Å². The highest BCUT2D eigenvalue weighted by Gasteiger charge is 2.69. The van der Waals surface area contributed by atoms with E-state index >= 15 is 0 Å². The number of allylic oxidation sites excluding steroid dienone is 2. The molecular weight excluding hydrogens is 628 g/mol. The van der Waals surface area contributed by atoms with Gasteiger partial charge in [-0.3, -0.25) is 14.4 Å². The molecule has 0 bridgehead atoms. The molecule has 9 atom stereocenters. The average Bonchev–Trinajstić information content (AvgIpc) is 3.02. The van der Waals surface area contributed by atoms with Crippen LogP contribution in [-0.4, -0.2) is 47.6 Å². The molecule has 3 unspecified atom stereocenters. The van der Waals surface area contributed by atoms with E-state index in [9.17, 15) is 24.3 Å². The highest BCUT2D eigenvalue weighted by molar-refractivity contribution is 5.85. The number of fused-ring (bicyclic) bond motifs is 7. The van der Waals surface area contributed by atoms with Crippen molar-refractivity contribution in [1.29, 1.82) is 0 Å². The number of nitrogens with one attached hydrogen (secondary N) is 2. The molecule has 0 spiro atoms. The number of hydrogen-bond acceptors (Lipinski definition) is 5. The van der Waals surface area contributed by atoms with Gasteiger partial charge >= 0.3 is 11.9 Å². The molecule has 0 aromatic rings. The molecule has 5 aliphatic carbocycles. The molecule has 0 aromatic heterocycles. The number of aliphatic carboxylic acids is 1. The number of carbonyl (C=O) groups excluding carboxylic acids is 3. The van der Waals surface area contributed by atoms with Crippen LogP contribution in [0.1, 0.15) is 153 Å². The SMILES string of the molecule is CCC(=O)O[C@H]1CC[C@@]2(C)C(CC[C@]3(C)C2CC=C2C4CC(C)(C)CC[C@]4(C(=O)NCCCC(=O)N[C@H](C(=O)O)C(C)C)CC[C@]23C)C1(C)C. The van der Waals surface area contributed by atoms with Gasteiger partial charge in [-0.15, -0.1) is 0 Å². The molecular formula is C42H68N2O6. The Balaban J connectivity index is 1.36. The van der Waals surface area contributed by atoms with Crippen LogP contribution in [0, 0.1) is 56.2 Å². The lowest BCUT2D eigenvalue weighted by molar-refractivity contribution is -0.212. The molecule has 2 amide bonds. The number of carboxylic acid groups (broad SMARTS) is 1. The van der Waals surface area contributed by atoms with Gasteiger partial charge < -0.3 is 20.5 Å². The van der Waals surface area contributed by atoms with Crippen molar-refractivity contribution in [3.05, 3.63) is 11.6 Å². The molecule has 0 saturated heterocycles. The number of carbonyl (C=O) groups is 4. The fourth-order valence-corrected chi connectivity index (χ4v) is 12.5. The van der Waals surface area contributed by atoms with Crippen molar-refractivity contribution in [2.75, 3.05) is 6.54 Å². The Morgan fingerprint density at radius 2 is 1.60 bits per heavy atom. The Kier molecular flexibility index (Phi) is 10.5. The molecule has 0 aliphatic heterocycles. The standard InChI is InChI=1S/C42H68N2O6/c1-11-33(46)50-31-17-18-39(8)29(38(31,6)7)16-19-41(10)30(39)15-14-27-28-25-37(4,5)20-22-42(28,23-21-40(27,41)9)36(49)43-24-12-13-32(45)44-34(26(2)3)35(47)48/h14,26,28-31,34H,11-13,15-25H2,1-10H3,(H,43,49)(H,44,45)(H,47,48)/t28?,29?,30?,31-,34-,39-,40+,41+,42-/m0/s1. The van der Waals surface area contributed by atoms with Crippen LogP contribution in [0.25, 0.3) is 0 Å². The Bertz CT molecular complexity index is 1380. The smallest absolute Gasteiger partial charge is 0.326 e. The summed E-state index contributed by atoms with van der Waals surface area (Å²) in [4.78, 5) is 50.9. The molecule has 3 N–H and O–H groups in total. The molecule has 8 heteroatoms. The predicted molar refractivity (Wildman–Crippen MR) is 196 cm³/mol. The van der Waals surface area contributed by atoms with Crippen LogP contribution in [0.2, 0.25) is 0 Å². The van der Waals surface area contributed by atoms with Gasteiger partial charge in [-0.2, -0.15) is 0 Å². The first-order chi connectivity index (χ1) is 23.2. The van der Waals surface area contributed by atoms with E-state index in [0.29, 0.717) is 31.2 Å². The molecule has 4 saturated carbocycles. The number of ether oxygens (including phenoxy) is 1. The lowest BCUT2D eigenvalue weighted by Crippen LogP contribution is -2.65. The summed E-state index contributed by atoms with van der Waals surface area (Å²) in [6.07, 6.45) is 13.8. The summed E-state index contributed by atoms with van der Waals surface area (Å²) in [6, 6.07) is -0.909. The number of esters is 1. The Labute approximate surface area is 302 Å². The summed E-state index contributed by atoms with van der Waals surface area (Å²) < 4.78 is 6.08. The van der Waals surface area contributed by atoms with Crippen LogP contribution in [0.3, 0.4) is 0 Å². The minimum Gasteiger partial charge on any atom is -0.480 e. The van der Waals surface area contributed by atoms with Gasteiger partial charge in [0.1, 0.15) is 12.1 Å².